The molecule has 0 atom stereocenters. The topological polar surface area (TPSA) is 59.7 Å². The van der Waals surface area contributed by atoms with Crippen LogP contribution in [0.4, 0.5) is 0 Å². The third kappa shape index (κ3) is 2.14. The molecule has 0 fully saturated rings. The molecule has 0 amide bonds. The summed E-state index contributed by atoms with van der Waals surface area (Å²) in [6, 6.07) is 12.4. The summed E-state index contributed by atoms with van der Waals surface area (Å²) in [6.45, 7) is 1.88. The van der Waals surface area contributed by atoms with E-state index in [1.54, 1.807) is 30.3 Å². The van der Waals surface area contributed by atoms with Crippen molar-refractivity contribution in [2.75, 3.05) is 7.11 Å². The van der Waals surface area contributed by atoms with Gasteiger partial charge < -0.3 is 14.3 Å². The smallest absolute Gasteiger partial charge is 0.235 e. The summed E-state index contributed by atoms with van der Waals surface area (Å²) in [6.07, 6.45) is 0. The first-order chi connectivity index (χ1) is 10.1. The van der Waals surface area contributed by atoms with Gasteiger partial charge in [-0.1, -0.05) is 23.8 Å². The van der Waals surface area contributed by atoms with Crippen molar-refractivity contribution < 1.29 is 14.3 Å². The van der Waals surface area contributed by atoms with E-state index < -0.39 is 11.2 Å². The highest BCUT2D eigenvalue weighted by Gasteiger charge is 2.18. The average Bonchev–Trinajstić information content (AvgIpc) is 2.51. The van der Waals surface area contributed by atoms with Crippen LogP contribution in [0.3, 0.4) is 0 Å². The second kappa shape index (κ2) is 4.98. The van der Waals surface area contributed by atoms with Crippen molar-refractivity contribution in [1.82, 2.24) is 0 Å². The summed E-state index contributed by atoms with van der Waals surface area (Å²) in [5, 5.41) is 10.6. The predicted molar refractivity (Wildman–Crippen MR) is 80.9 cm³/mol. The van der Waals surface area contributed by atoms with Gasteiger partial charge in [0.2, 0.25) is 11.2 Å². The first kappa shape index (κ1) is 13.2. The number of rotatable bonds is 2. The number of fused-ring (bicyclic) bond motifs is 1. The Morgan fingerprint density at radius 3 is 2.67 bits per heavy atom. The van der Waals surface area contributed by atoms with Gasteiger partial charge >= 0.3 is 0 Å². The van der Waals surface area contributed by atoms with Gasteiger partial charge in [-0.15, -0.1) is 0 Å². The molecule has 0 saturated heterocycles. The highest BCUT2D eigenvalue weighted by molar-refractivity contribution is 5.83. The fraction of sp³-hybridized carbons (Fsp3) is 0.118. The van der Waals surface area contributed by atoms with Crippen molar-refractivity contribution in [2.24, 2.45) is 0 Å². The molecule has 3 rings (SSSR count). The summed E-state index contributed by atoms with van der Waals surface area (Å²) in [5.74, 6) is 0.244. The maximum Gasteiger partial charge on any atom is 0.235 e. The van der Waals surface area contributed by atoms with Crippen LogP contribution in [-0.4, -0.2) is 12.2 Å². The Morgan fingerprint density at radius 2 is 1.90 bits per heavy atom. The van der Waals surface area contributed by atoms with Crippen LogP contribution in [0.1, 0.15) is 5.56 Å². The van der Waals surface area contributed by atoms with E-state index in [0.29, 0.717) is 22.3 Å². The molecule has 3 aromatic rings. The zero-order chi connectivity index (χ0) is 15.0. The van der Waals surface area contributed by atoms with Crippen LogP contribution in [0.15, 0.2) is 51.7 Å². The number of hydrogen-bond donors (Lipinski definition) is 1. The molecule has 0 radical (unpaired) electrons. The molecule has 1 N–H and O–H groups in total. The Balaban J connectivity index is 2.36. The van der Waals surface area contributed by atoms with Crippen LogP contribution >= 0.6 is 0 Å². The SMILES string of the molecule is COc1ccccc1-c1oc2ccc(C)cc2c(=O)c1O. The van der Waals surface area contributed by atoms with E-state index in [4.69, 9.17) is 9.15 Å². The lowest BCUT2D eigenvalue weighted by Crippen LogP contribution is -2.03. The van der Waals surface area contributed by atoms with Gasteiger partial charge in [-0.05, 0) is 31.2 Å². The van der Waals surface area contributed by atoms with Gasteiger partial charge in [-0.3, -0.25) is 4.79 Å². The van der Waals surface area contributed by atoms with Crippen molar-refractivity contribution in [3.05, 3.63) is 58.3 Å². The van der Waals surface area contributed by atoms with Crippen LogP contribution in [0.25, 0.3) is 22.3 Å². The van der Waals surface area contributed by atoms with Crippen LogP contribution < -0.4 is 10.2 Å². The summed E-state index contributed by atoms with van der Waals surface area (Å²) < 4.78 is 11.0. The van der Waals surface area contributed by atoms with E-state index >= 15 is 0 Å². The first-order valence-corrected chi connectivity index (χ1v) is 6.51. The highest BCUT2D eigenvalue weighted by atomic mass is 16.5. The molecule has 0 aliphatic carbocycles. The molecule has 0 bridgehead atoms. The molecule has 1 aromatic heterocycles. The van der Waals surface area contributed by atoms with Crippen LogP contribution in [0.5, 0.6) is 11.5 Å². The molecule has 0 spiro atoms. The van der Waals surface area contributed by atoms with Crippen molar-refractivity contribution in [1.29, 1.82) is 0 Å². The van der Waals surface area contributed by atoms with Crippen LogP contribution in [-0.2, 0) is 0 Å². The highest BCUT2D eigenvalue weighted by Crippen LogP contribution is 2.35. The fourth-order valence-corrected chi connectivity index (χ4v) is 2.31. The maximum atomic E-state index is 12.3. The molecule has 21 heavy (non-hydrogen) atoms. The Kier molecular flexibility index (Phi) is 3.14. The predicted octanol–water partition coefficient (Wildman–Crippen LogP) is 3.48. The Morgan fingerprint density at radius 1 is 1.14 bits per heavy atom. The fourth-order valence-electron chi connectivity index (χ4n) is 2.31. The molecule has 4 nitrogen and oxygen atoms in total. The van der Waals surface area contributed by atoms with Gasteiger partial charge in [0.15, 0.2) is 5.76 Å². The monoisotopic (exact) mass is 282 g/mol. The molecule has 0 saturated carbocycles. The van der Waals surface area contributed by atoms with Gasteiger partial charge in [0.05, 0.1) is 18.1 Å². The van der Waals surface area contributed by atoms with E-state index in [-0.39, 0.29) is 5.76 Å². The first-order valence-electron chi connectivity index (χ1n) is 6.51. The molecular formula is C17H14O4. The van der Waals surface area contributed by atoms with E-state index in [1.807, 2.05) is 19.1 Å². The van der Waals surface area contributed by atoms with E-state index in [2.05, 4.69) is 0 Å². The number of methoxy groups -OCH3 is 1. The standard InChI is InChI=1S/C17H14O4/c1-10-7-8-14-12(9-10)15(18)16(19)17(21-14)11-5-3-4-6-13(11)20-2/h3-9,19H,1-2H3. The summed E-state index contributed by atoms with van der Waals surface area (Å²) in [7, 11) is 1.53. The average molecular weight is 282 g/mol. The lowest BCUT2D eigenvalue weighted by Gasteiger charge is -2.10. The van der Waals surface area contributed by atoms with Crippen molar-refractivity contribution >= 4 is 11.0 Å². The van der Waals surface area contributed by atoms with Crippen molar-refractivity contribution in [3.8, 4) is 22.8 Å². The van der Waals surface area contributed by atoms with Gasteiger partial charge in [0, 0.05) is 0 Å². The van der Waals surface area contributed by atoms with Crippen LogP contribution in [0.2, 0.25) is 0 Å². The van der Waals surface area contributed by atoms with Gasteiger partial charge in [0.25, 0.3) is 0 Å². The molecule has 0 aliphatic heterocycles. The molecular weight excluding hydrogens is 268 g/mol. The van der Waals surface area contributed by atoms with E-state index in [0.717, 1.165) is 5.56 Å². The van der Waals surface area contributed by atoms with Crippen molar-refractivity contribution in [2.45, 2.75) is 6.92 Å². The van der Waals surface area contributed by atoms with E-state index in [9.17, 15) is 9.90 Å². The number of ether oxygens (including phenoxy) is 1. The van der Waals surface area contributed by atoms with Crippen LogP contribution in [0, 0.1) is 6.92 Å². The molecule has 106 valence electrons. The summed E-state index contributed by atoms with van der Waals surface area (Å²) in [5.41, 5.74) is 1.46. The maximum absolute atomic E-state index is 12.3. The molecule has 0 unspecified atom stereocenters. The number of hydrogen-bond acceptors (Lipinski definition) is 4. The number of para-hydroxylation sites is 1. The van der Waals surface area contributed by atoms with E-state index in [1.165, 1.54) is 7.11 Å². The zero-order valence-electron chi connectivity index (χ0n) is 11.7. The summed E-state index contributed by atoms with van der Waals surface area (Å²) >= 11 is 0. The van der Waals surface area contributed by atoms with Gasteiger partial charge in [0.1, 0.15) is 11.3 Å². The Labute approximate surface area is 121 Å². The number of aryl methyl sites for hydroxylation is 1. The quantitative estimate of drug-likeness (QED) is 0.781. The number of benzene rings is 2. The Bertz CT molecular complexity index is 878. The summed E-state index contributed by atoms with van der Waals surface area (Å²) in [4.78, 5) is 12.3. The molecule has 0 aliphatic rings. The molecule has 1 heterocycles. The third-order valence-electron chi connectivity index (χ3n) is 3.37. The minimum atomic E-state index is -0.444. The lowest BCUT2D eigenvalue weighted by molar-refractivity contribution is 0.411. The van der Waals surface area contributed by atoms with Gasteiger partial charge in [-0.25, -0.2) is 0 Å². The molecule has 4 heteroatoms. The molecule has 2 aromatic carbocycles. The second-order valence-electron chi connectivity index (χ2n) is 4.81. The third-order valence-corrected chi connectivity index (χ3v) is 3.37. The van der Waals surface area contributed by atoms with Gasteiger partial charge in [-0.2, -0.15) is 0 Å². The normalized spacial score (nSPS) is 10.8. The minimum Gasteiger partial charge on any atom is -0.502 e. The Hall–Kier alpha value is -2.75. The minimum absolute atomic E-state index is 0.119. The van der Waals surface area contributed by atoms with Crippen molar-refractivity contribution in [3.63, 3.8) is 0 Å². The second-order valence-corrected chi connectivity index (χ2v) is 4.81. The number of aromatic hydroxyl groups is 1. The largest absolute Gasteiger partial charge is 0.502 e. The zero-order valence-corrected chi connectivity index (χ0v) is 11.7. The lowest BCUT2D eigenvalue weighted by atomic mass is 10.1.